The van der Waals surface area contributed by atoms with E-state index in [1.165, 1.54) is 96.3 Å². The maximum absolute atomic E-state index is 9.56. The zero-order valence-electron chi connectivity index (χ0n) is 17.6. The molecule has 1 atom stereocenters. The lowest BCUT2D eigenvalue weighted by molar-refractivity contribution is 0.0307. The summed E-state index contributed by atoms with van der Waals surface area (Å²) in [6.07, 6.45) is 24.0. The second-order valence-corrected chi connectivity index (χ2v) is 7.82. The molecule has 0 aromatic rings. The summed E-state index contributed by atoms with van der Waals surface area (Å²) >= 11 is 0. The van der Waals surface area contributed by atoms with Gasteiger partial charge in [-0.3, -0.25) is 0 Å². The third-order valence-electron chi connectivity index (χ3n) is 5.07. The summed E-state index contributed by atoms with van der Waals surface area (Å²) in [5, 5.41) is 9.56. The maximum Gasteiger partial charge on any atom is 0.0773 e. The van der Waals surface area contributed by atoms with Gasteiger partial charge < -0.3 is 9.84 Å². The van der Waals surface area contributed by atoms with E-state index < -0.39 is 0 Å². The number of hydrogen-bond acceptors (Lipinski definition) is 2. The second-order valence-electron chi connectivity index (χ2n) is 7.82. The van der Waals surface area contributed by atoms with Gasteiger partial charge in [0.05, 0.1) is 12.7 Å². The van der Waals surface area contributed by atoms with E-state index in [2.05, 4.69) is 13.8 Å². The molecule has 0 saturated heterocycles. The zero-order chi connectivity index (χ0) is 18.4. The molecule has 2 heteroatoms. The van der Waals surface area contributed by atoms with Gasteiger partial charge in [-0.05, 0) is 12.8 Å². The molecule has 0 saturated carbocycles. The predicted octanol–water partition coefficient (Wildman–Crippen LogP) is 7.43. The lowest BCUT2D eigenvalue weighted by Crippen LogP contribution is -2.15. The van der Waals surface area contributed by atoms with E-state index in [1.54, 1.807) is 0 Å². The van der Waals surface area contributed by atoms with Crippen molar-refractivity contribution in [1.29, 1.82) is 0 Å². The number of aliphatic hydroxyl groups is 1. The van der Waals surface area contributed by atoms with Crippen molar-refractivity contribution >= 4 is 0 Å². The molecule has 0 heterocycles. The predicted molar refractivity (Wildman–Crippen MR) is 111 cm³/mol. The Morgan fingerprint density at radius 3 is 1.36 bits per heavy atom. The molecule has 1 unspecified atom stereocenters. The molecule has 0 aromatic heterocycles. The number of aliphatic hydroxyl groups excluding tert-OH is 1. The summed E-state index contributed by atoms with van der Waals surface area (Å²) in [6.45, 7) is 5.72. The van der Waals surface area contributed by atoms with Crippen LogP contribution in [0.25, 0.3) is 0 Å². The van der Waals surface area contributed by atoms with Gasteiger partial charge in [0.25, 0.3) is 0 Å². The van der Waals surface area contributed by atoms with Gasteiger partial charge in [0, 0.05) is 6.61 Å². The summed E-state index contributed by atoms with van der Waals surface area (Å²) in [5.41, 5.74) is 0. The van der Waals surface area contributed by atoms with Crippen LogP contribution in [0.2, 0.25) is 0 Å². The van der Waals surface area contributed by atoms with Crippen molar-refractivity contribution in [3.63, 3.8) is 0 Å². The molecule has 152 valence electrons. The molecule has 0 aliphatic carbocycles. The first-order valence-corrected chi connectivity index (χ1v) is 11.6. The van der Waals surface area contributed by atoms with Gasteiger partial charge in [0.15, 0.2) is 0 Å². The molecule has 0 aromatic carbocycles. The van der Waals surface area contributed by atoms with Crippen molar-refractivity contribution in [3.8, 4) is 0 Å². The van der Waals surface area contributed by atoms with E-state index in [4.69, 9.17) is 4.74 Å². The van der Waals surface area contributed by atoms with Crippen LogP contribution in [0.4, 0.5) is 0 Å². The minimum Gasteiger partial charge on any atom is -0.391 e. The largest absolute Gasteiger partial charge is 0.391 e. The quantitative estimate of drug-likeness (QED) is 0.217. The third-order valence-corrected chi connectivity index (χ3v) is 5.07. The van der Waals surface area contributed by atoms with Crippen LogP contribution in [0.15, 0.2) is 0 Å². The van der Waals surface area contributed by atoms with E-state index >= 15 is 0 Å². The van der Waals surface area contributed by atoms with Crippen LogP contribution in [0.5, 0.6) is 0 Å². The molecule has 0 spiro atoms. The number of rotatable bonds is 21. The molecular weight excluding hydrogens is 308 g/mol. The van der Waals surface area contributed by atoms with Crippen LogP contribution in [-0.4, -0.2) is 24.4 Å². The molecule has 0 amide bonds. The van der Waals surface area contributed by atoms with Gasteiger partial charge in [0.2, 0.25) is 0 Å². The van der Waals surface area contributed by atoms with Crippen molar-refractivity contribution in [2.24, 2.45) is 0 Å². The number of hydrogen-bond donors (Lipinski definition) is 1. The first kappa shape index (κ1) is 24.9. The Kier molecular flexibility index (Phi) is 21.9. The Labute approximate surface area is 159 Å². The van der Waals surface area contributed by atoms with Crippen molar-refractivity contribution in [3.05, 3.63) is 0 Å². The SMILES string of the molecule is CCCCCCCCCCCCCCCCCCOCC(O)CCC. The molecule has 1 N–H and O–H groups in total. The summed E-state index contributed by atoms with van der Waals surface area (Å²) in [5.74, 6) is 0. The first-order chi connectivity index (χ1) is 12.3. The van der Waals surface area contributed by atoms with Gasteiger partial charge in [-0.2, -0.15) is 0 Å². The van der Waals surface area contributed by atoms with Crippen molar-refractivity contribution in [2.45, 2.75) is 136 Å². The summed E-state index contributed by atoms with van der Waals surface area (Å²) < 4.78 is 5.52. The monoisotopic (exact) mass is 356 g/mol. The van der Waals surface area contributed by atoms with Gasteiger partial charge in [-0.15, -0.1) is 0 Å². The molecule has 0 rings (SSSR count). The van der Waals surface area contributed by atoms with Crippen LogP contribution in [0, 0.1) is 0 Å². The average molecular weight is 357 g/mol. The van der Waals surface area contributed by atoms with Crippen molar-refractivity contribution in [2.75, 3.05) is 13.2 Å². The van der Waals surface area contributed by atoms with E-state index in [0.717, 1.165) is 25.9 Å². The zero-order valence-corrected chi connectivity index (χ0v) is 17.6. The van der Waals surface area contributed by atoms with Crippen LogP contribution >= 0.6 is 0 Å². The number of unbranched alkanes of at least 4 members (excludes halogenated alkanes) is 15. The topological polar surface area (TPSA) is 29.5 Å². The van der Waals surface area contributed by atoms with Crippen LogP contribution in [0.1, 0.15) is 129 Å². The van der Waals surface area contributed by atoms with Crippen LogP contribution < -0.4 is 0 Å². The minimum absolute atomic E-state index is 0.258. The van der Waals surface area contributed by atoms with Crippen molar-refractivity contribution in [1.82, 2.24) is 0 Å². The van der Waals surface area contributed by atoms with E-state index in [0.29, 0.717) is 6.61 Å². The van der Waals surface area contributed by atoms with Gasteiger partial charge >= 0.3 is 0 Å². The fourth-order valence-corrected chi connectivity index (χ4v) is 3.39. The van der Waals surface area contributed by atoms with E-state index in [1.807, 2.05) is 0 Å². The Bertz CT molecular complexity index is 230. The van der Waals surface area contributed by atoms with Crippen molar-refractivity contribution < 1.29 is 9.84 Å². The fraction of sp³-hybridized carbons (Fsp3) is 1.00. The average Bonchev–Trinajstić information content (AvgIpc) is 2.61. The first-order valence-electron chi connectivity index (χ1n) is 11.6. The smallest absolute Gasteiger partial charge is 0.0773 e. The molecule has 2 nitrogen and oxygen atoms in total. The molecular formula is C23H48O2. The van der Waals surface area contributed by atoms with Gasteiger partial charge in [-0.25, -0.2) is 0 Å². The van der Waals surface area contributed by atoms with E-state index in [-0.39, 0.29) is 6.10 Å². The fourth-order valence-electron chi connectivity index (χ4n) is 3.39. The highest BCUT2D eigenvalue weighted by atomic mass is 16.5. The van der Waals surface area contributed by atoms with Crippen LogP contribution in [0.3, 0.4) is 0 Å². The molecule has 0 aliphatic heterocycles. The molecule has 25 heavy (non-hydrogen) atoms. The highest BCUT2D eigenvalue weighted by Crippen LogP contribution is 2.13. The Morgan fingerprint density at radius 2 is 0.960 bits per heavy atom. The lowest BCUT2D eigenvalue weighted by atomic mass is 10.0. The maximum atomic E-state index is 9.56. The van der Waals surface area contributed by atoms with Crippen LogP contribution in [-0.2, 0) is 4.74 Å². The summed E-state index contributed by atoms with van der Waals surface area (Å²) in [6, 6.07) is 0. The Balaban J connectivity index is 3.00. The second kappa shape index (κ2) is 22.0. The highest BCUT2D eigenvalue weighted by Gasteiger charge is 2.01. The Hall–Kier alpha value is -0.0800. The lowest BCUT2D eigenvalue weighted by Gasteiger charge is -2.09. The van der Waals surface area contributed by atoms with Gasteiger partial charge in [-0.1, -0.05) is 117 Å². The number of ether oxygens (including phenoxy) is 1. The minimum atomic E-state index is -0.258. The van der Waals surface area contributed by atoms with Gasteiger partial charge in [0.1, 0.15) is 0 Å². The Morgan fingerprint density at radius 1 is 0.560 bits per heavy atom. The van der Waals surface area contributed by atoms with E-state index in [9.17, 15) is 5.11 Å². The molecule has 0 bridgehead atoms. The molecule has 0 aliphatic rings. The normalized spacial score (nSPS) is 12.6. The third kappa shape index (κ3) is 21.9. The molecule has 0 radical (unpaired) electrons. The summed E-state index contributed by atoms with van der Waals surface area (Å²) in [7, 11) is 0. The molecule has 0 fully saturated rings. The standard InChI is InChI=1S/C23H48O2/c1-3-5-6-7-8-9-10-11-12-13-14-15-16-17-18-19-21-25-22-23(24)20-4-2/h23-24H,3-22H2,1-2H3. The summed E-state index contributed by atoms with van der Waals surface area (Å²) in [4.78, 5) is 0. The highest BCUT2D eigenvalue weighted by molar-refractivity contribution is 4.52.